The molecule has 1 aromatic rings. The van der Waals surface area contributed by atoms with E-state index in [1.807, 2.05) is 11.9 Å². The van der Waals surface area contributed by atoms with E-state index in [9.17, 15) is 19.7 Å². The number of hydrogen-bond acceptors (Lipinski definition) is 5. The van der Waals surface area contributed by atoms with Gasteiger partial charge in [-0.2, -0.15) is 0 Å². The van der Waals surface area contributed by atoms with E-state index in [4.69, 9.17) is 4.42 Å². The molecule has 2 amide bonds. The van der Waals surface area contributed by atoms with E-state index in [1.54, 1.807) is 0 Å². The minimum Gasteiger partial charge on any atom is -0.395 e. The van der Waals surface area contributed by atoms with Gasteiger partial charge in [-0.3, -0.25) is 19.7 Å². The lowest BCUT2D eigenvalue weighted by Gasteiger charge is -2.41. The molecule has 24 heavy (non-hydrogen) atoms. The first-order valence-electron chi connectivity index (χ1n) is 8.27. The van der Waals surface area contributed by atoms with Crippen molar-refractivity contribution in [2.24, 2.45) is 5.92 Å². The zero-order chi connectivity index (χ0) is 17.3. The molecule has 130 valence electrons. The molecule has 1 aliphatic carbocycles. The molecule has 2 aliphatic rings. The molecule has 1 saturated heterocycles. The molecule has 1 saturated carbocycles. The molecule has 0 spiro atoms. The number of hydrogen-bond donors (Lipinski definition) is 0. The summed E-state index contributed by atoms with van der Waals surface area (Å²) in [6.07, 6.45) is 5.66. The Balaban J connectivity index is 1.53. The summed E-state index contributed by atoms with van der Waals surface area (Å²) in [6, 6.07) is 2.76. The van der Waals surface area contributed by atoms with Gasteiger partial charge in [0.2, 0.25) is 5.91 Å². The van der Waals surface area contributed by atoms with Crippen LogP contribution in [0.2, 0.25) is 0 Å². The van der Waals surface area contributed by atoms with Crippen LogP contribution < -0.4 is 0 Å². The summed E-state index contributed by atoms with van der Waals surface area (Å²) < 4.78 is 4.92. The summed E-state index contributed by atoms with van der Waals surface area (Å²) in [7, 11) is 1.85. The summed E-state index contributed by atoms with van der Waals surface area (Å²) in [5, 5.41) is 10.6. The first-order valence-corrected chi connectivity index (χ1v) is 8.27. The summed E-state index contributed by atoms with van der Waals surface area (Å²) in [5.41, 5.74) is 0. The molecule has 0 unspecified atom stereocenters. The second kappa shape index (κ2) is 6.62. The molecule has 0 aromatic carbocycles. The van der Waals surface area contributed by atoms with Gasteiger partial charge in [0, 0.05) is 26.2 Å². The second-order valence-electron chi connectivity index (χ2n) is 6.54. The Hall–Kier alpha value is -2.38. The highest BCUT2D eigenvalue weighted by atomic mass is 16.6. The normalized spacial score (nSPS) is 19.0. The Morgan fingerprint density at radius 2 is 1.92 bits per heavy atom. The molecule has 3 rings (SSSR count). The van der Waals surface area contributed by atoms with Gasteiger partial charge in [0.25, 0.3) is 5.91 Å². The van der Waals surface area contributed by atoms with Crippen LogP contribution in [0.5, 0.6) is 0 Å². The number of carbonyl (C=O) groups excluding carboxylic acids is 2. The lowest BCUT2D eigenvalue weighted by atomic mass is 9.92. The minimum atomic E-state index is -0.682. The van der Waals surface area contributed by atoms with Crippen LogP contribution in [-0.4, -0.2) is 52.7 Å². The molecule has 2 heterocycles. The molecule has 8 heteroatoms. The largest absolute Gasteiger partial charge is 0.433 e. The van der Waals surface area contributed by atoms with Gasteiger partial charge in [-0.1, -0.05) is 19.3 Å². The molecule has 0 N–H and O–H groups in total. The minimum absolute atomic E-state index is 0.0618. The molecule has 1 aliphatic heterocycles. The maximum Gasteiger partial charge on any atom is 0.433 e. The van der Waals surface area contributed by atoms with Crippen LogP contribution in [0.25, 0.3) is 0 Å². The van der Waals surface area contributed by atoms with Gasteiger partial charge in [0.1, 0.15) is 4.92 Å². The summed E-state index contributed by atoms with van der Waals surface area (Å²) in [4.78, 5) is 37.9. The smallest absolute Gasteiger partial charge is 0.395 e. The standard InChI is InChI=1S/C16H21N3O5/c1-17(12-5-3-2-4-6-12)15(20)11-9-18(10-11)16(21)13-7-8-14(24-13)19(22)23/h7-8,11-12H,2-6,9-10H2,1H3. The van der Waals surface area contributed by atoms with E-state index in [0.29, 0.717) is 19.1 Å². The van der Waals surface area contributed by atoms with Gasteiger partial charge in [0.05, 0.1) is 12.0 Å². The third kappa shape index (κ3) is 3.13. The Kier molecular flexibility index (Phi) is 4.55. The SMILES string of the molecule is CN(C(=O)C1CN(C(=O)c2ccc([N+](=O)[O-])o2)C1)C1CCCCC1. The highest BCUT2D eigenvalue weighted by Gasteiger charge is 2.40. The number of likely N-dealkylation sites (tertiary alicyclic amines) is 1. The van der Waals surface area contributed by atoms with E-state index < -0.39 is 16.7 Å². The van der Waals surface area contributed by atoms with Crippen LogP contribution in [0.15, 0.2) is 16.5 Å². The zero-order valence-electron chi connectivity index (χ0n) is 13.6. The van der Waals surface area contributed by atoms with Crippen LogP contribution >= 0.6 is 0 Å². The van der Waals surface area contributed by atoms with Gasteiger partial charge >= 0.3 is 5.88 Å². The predicted molar refractivity (Wildman–Crippen MR) is 84.4 cm³/mol. The number of amides is 2. The molecular formula is C16H21N3O5. The van der Waals surface area contributed by atoms with Crippen molar-refractivity contribution < 1.29 is 18.9 Å². The average Bonchev–Trinajstić information content (AvgIpc) is 3.03. The summed E-state index contributed by atoms with van der Waals surface area (Å²) in [5.74, 6) is -1.04. The molecule has 1 aromatic heterocycles. The van der Waals surface area contributed by atoms with Crippen molar-refractivity contribution >= 4 is 17.7 Å². The molecular weight excluding hydrogens is 314 g/mol. The monoisotopic (exact) mass is 335 g/mol. The van der Waals surface area contributed by atoms with Crippen LogP contribution in [0.4, 0.5) is 5.88 Å². The summed E-state index contributed by atoms with van der Waals surface area (Å²) >= 11 is 0. The van der Waals surface area contributed by atoms with E-state index >= 15 is 0 Å². The van der Waals surface area contributed by atoms with E-state index in [2.05, 4.69) is 0 Å². The summed E-state index contributed by atoms with van der Waals surface area (Å²) in [6.45, 7) is 0.673. The Morgan fingerprint density at radius 1 is 1.25 bits per heavy atom. The maximum atomic E-state index is 12.5. The van der Waals surface area contributed by atoms with Crippen molar-refractivity contribution in [2.75, 3.05) is 20.1 Å². The van der Waals surface area contributed by atoms with Crippen molar-refractivity contribution in [3.63, 3.8) is 0 Å². The fourth-order valence-electron chi connectivity index (χ4n) is 3.43. The van der Waals surface area contributed by atoms with Crippen molar-refractivity contribution in [3.8, 4) is 0 Å². The maximum absolute atomic E-state index is 12.5. The highest BCUT2D eigenvalue weighted by Crippen LogP contribution is 2.27. The highest BCUT2D eigenvalue weighted by molar-refractivity contribution is 5.94. The Labute approximate surface area is 139 Å². The quantitative estimate of drug-likeness (QED) is 0.619. The molecule has 2 fully saturated rings. The van der Waals surface area contributed by atoms with Crippen molar-refractivity contribution in [3.05, 3.63) is 28.0 Å². The molecule has 0 bridgehead atoms. The number of rotatable bonds is 4. The first-order chi connectivity index (χ1) is 11.5. The molecule has 0 radical (unpaired) electrons. The zero-order valence-corrected chi connectivity index (χ0v) is 13.6. The number of nitrogens with zero attached hydrogens (tertiary/aromatic N) is 3. The Bertz CT molecular complexity index is 644. The third-order valence-corrected chi connectivity index (χ3v) is 4.97. The van der Waals surface area contributed by atoms with Gasteiger partial charge < -0.3 is 14.2 Å². The number of nitro groups is 1. The fraction of sp³-hybridized carbons (Fsp3) is 0.625. The van der Waals surface area contributed by atoms with Crippen molar-refractivity contribution in [2.45, 2.75) is 38.1 Å². The van der Waals surface area contributed by atoms with Crippen molar-refractivity contribution in [1.82, 2.24) is 9.80 Å². The van der Waals surface area contributed by atoms with Crippen molar-refractivity contribution in [1.29, 1.82) is 0 Å². The van der Waals surface area contributed by atoms with Gasteiger partial charge in [-0.15, -0.1) is 0 Å². The van der Waals surface area contributed by atoms with E-state index in [0.717, 1.165) is 31.7 Å². The first kappa shape index (κ1) is 16.5. The predicted octanol–water partition coefficient (Wildman–Crippen LogP) is 2.05. The lowest BCUT2D eigenvalue weighted by Crippen LogP contribution is -2.57. The Morgan fingerprint density at radius 3 is 2.50 bits per heavy atom. The number of carbonyl (C=O) groups is 2. The third-order valence-electron chi connectivity index (χ3n) is 4.97. The van der Waals surface area contributed by atoms with Gasteiger partial charge in [-0.05, 0) is 18.9 Å². The van der Waals surface area contributed by atoms with E-state index in [-0.39, 0.29) is 17.6 Å². The van der Waals surface area contributed by atoms with E-state index in [1.165, 1.54) is 17.4 Å². The van der Waals surface area contributed by atoms with Gasteiger partial charge in [0.15, 0.2) is 5.76 Å². The average molecular weight is 335 g/mol. The van der Waals surface area contributed by atoms with Crippen LogP contribution in [0.1, 0.15) is 42.7 Å². The lowest BCUT2D eigenvalue weighted by molar-refractivity contribution is -0.402. The van der Waals surface area contributed by atoms with Crippen LogP contribution in [-0.2, 0) is 4.79 Å². The fourth-order valence-corrected chi connectivity index (χ4v) is 3.43. The van der Waals surface area contributed by atoms with Crippen LogP contribution in [0, 0.1) is 16.0 Å². The topological polar surface area (TPSA) is 96.9 Å². The number of furan rings is 1. The second-order valence-corrected chi connectivity index (χ2v) is 6.54. The van der Waals surface area contributed by atoms with Gasteiger partial charge in [-0.25, -0.2) is 0 Å². The molecule has 8 nitrogen and oxygen atoms in total. The van der Waals surface area contributed by atoms with Crippen LogP contribution in [0.3, 0.4) is 0 Å². The molecule has 0 atom stereocenters.